The fourth-order valence-corrected chi connectivity index (χ4v) is 1.87. The van der Waals surface area contributed by atoms with Gasteiger partial charge in [0.15, 0.2) is 0 Å². The van der Waals surface area contributed by atoms with Crippen LogP contribution in [0.15, 0.2) is 17.2 Å². The van der Waals surface area contributed by atoms with Gasteiger partial charge in [-0.1, -0.05) is 13.3 Å². The van der Waals surface area contributed by atoms with Gasteiger partial charge in [0.2, 0.25) is 5.82 Å². The Morgan fingerprint density at radius 1 is 1.58 bits per heavy atom. The van der Waals surface area contributed by atoms with E-state index in [-0.39, 0.29) is 11.9 Å². The number of aromatic nitrogens is 5. The van der Waals surface area contributed by atoms with E-state index in [0.29, 0.717) is 0 Å². The second-order valence-electron chi connectivity index (χ2n) is 4.24. The molecule has 19 heavy (non-hydrogen) atoms. The SMILES string of the molecule is CCCC(NC(=O)c1n[nH]c(=O)[nH]1)c1nccn1C. The van der Waals surface area contributed by atoms with E-state index in [9.17, 15) is 9.59 Å². The maximum Gasteiger partial charge on any atom is 0.341 e. The molecule has 2 aromatic heterocycles. The summed E-state index contributed by atoms with van der Waals surface area (Å²) in [5, 5.41) is 8.57. The molecular formula is C11H16N6O2. The summed E-state index contributed by atoms with van der Waals surface area (Å²) in [4.78, 5) is 29.4. The van der Waals surface area contributed by atoms with Gasteiger partial charge < -0.3 is 9.88 Å². The van der Waals surface area contributed by atoms with Gasteiger partial charge in [-0.3, -0.25) is 9.78 Å². The molecule has 2 heterocycles. The quantitative estimate of drug-likeness (QED) is 0.711. The molecule has 0 aliphatic carbocycles. The van der Waals surface area contributed by atoms with Crippen molar-refractivity contribution in [3.05, 3.63) is 34.5 Å². The van der Waals surface area contributed by atoms with Crippen molar-refractivity contribution in [2.75, 3.05) is 0 Å². The normalized spacial score (nSPS) is 12.3. The molecule has 0 aromatic carbocycles. The third-order valence-corrected chi connectivity index (χ3v) is 2.77. The highest BCUT2D eigenvalue weighted by molar-refractivity contribution is 5.90. The van der Waals surface area contributed by atoms with Crippen LogP contribution in [0, 0.1) is 0 Å². The first-order valence-electron chi connectivity index (χ1n) is 6.04. The Labute approximate surface area is 109 Å². The van der Waals surface area contributed by atoms with Crippen LogP contribution in [-0.4, -0.2) is 30.6 Å². The summed E-state index contributed by atoms with van der Waals surface area (Å²) < 4.78 is 1.86. The number of carbonyl (C=O) groups is 1. The summed E-state index contributed by atoms with van der Waals surface area (Å²) in [6.45, 7) is 2.03. The fourth-order valence-electron chi connectivity index (χ4n) is 1.87. The monoisotopic (exact) mass is 264 g/mol. The Morgan fingerprint density at radius 3 is 2.89 bits per heavy atom. The van der Waals surface area contributed by atoms with Gasteiger partial charge >= 0.3 is 5.69 Å². The van der Waals surface area contributed by atoms with Crippen LogP contribution in [0.5, 0.6) is 0 Å². The predicted molar refractivity (Wildman–Crippen MR) is 67.5 cm³/mol. The van der Waals surface area contributed by atoms with Gasteiger partial charge in [0.25, 0.3) is 5.91 Å². The summed E-state index contributed by atoms with van der Waals surface area (Å²) in [6, 6.07) is -0.210. The van der Waals surface area contributed by atoms with Gasteiger partial charge in [0, 0.05) is 19.4 Å². The minimum atomic E-state index is -0.505. The Kier molecular flexibility index (Phi) is 3.79. The molecule has 0 saturated carbocycles. The Bertz CT molecular complexity index is 610. The Balaban J connectivity index is 2.15. The van der Waals surface area contributed by atoms with Gasteiger partial charge in [-0.2, -0.15) is 0 Å². The number of rotatable bonds is 5. The van der Waals surface area contributed by atoms with E-state index in [2.05, 4.69) is 25.5 Å². The lowest BCUT2D eigenvalue weighted by atomic mass is 10.1. The van der Waals surface area contributed by atoms with Crippen LogP contribution in [0.1, 0.15) is 42.3 Å². The van der Waals surface area contributed by atoms with Crippen LogP contribution in [0.3, 0.4) is 0 Å². The average molecular weight is 264 g/mol. The minimum Gasteiger partial charge on any atom is -0.339 e. The second-order valence-corrected chi connectivity index (χ2v) is 4.24. The minimum absolute atomic E-state index is 0.0275. The summed E-state index contributed by atoms with van der Waals surface area (Å²) in [7, 11) is 1.87. The number of aromatic amines is 2. The molecule has 0 radical (unpaired) electrons. The van der Waals surface area contributed by atoms with Crippen LogP contribution < -0.4 is 11.0 Å². The Hall–Kier alpha value is -2.38. The fraction of sp³-hybridized carbons (Fsp3) is 0.455. The molecule has 0 fully saturated rings. The van der Waals surface area contributed by atoms with Gasteiger partial charge in [-0.05, 0) is 6.42 Å². The first-order valence-corrected chi connectivity index (χ1v) is 6.04. The van der Waals surface area contributed by atoms with Crippen LogP contribution in [0.2, 0.25) is 0 Å². The van der Waals surface area contributed by atoms with E-state index < -0.39 is 11.6 Å². The number of amides is 1. The van der Waals surface area contributed by atoms with Gasteiger partial charge in [-0.15, -0.1) is 5.10 Å². The smallest absolute Gasteiger partial charge is 0.339 e. The van der Waals surface area contributed by atoms with Crippen molar-refractivity contribution in [3.8, 4) is 0 Å². The number of nitrogens with one attached hydrogen (secondary N) is 3. The molecule has 3 N–H and O–H groups in total. The topological polar surface area (TPSA) is 108 Å². The third kappa shape index (κ3) is 2.90. The number of imidazole rings is 1. The van der Waals surface area contributed by atoms with E-state index in [0.717, 1.165) is 18.7 Å². The van der Waals surface area contributed by atoms with E-state index in [4.69, 9.17) is 0 Å². The lowest BCUT2D eigenvalue weighted by Crippen LogP contribution is -2.31. The molecule has 0 saturated heterocycles. The molecule has 2 rings (SSSR count). The van der Waals surface area contributed by atoms with Crippen LogP contribution >= 0.6 is 0 Å². The van der Waals surface area contributed by atoms with E-state index >= 15 is 0 Å². The van der Waals surface area contributed by atoms with Gasteiger partial charge in [0.05, 0.1) is 6.04 Å². The molecule has 2 aromatic rings. The second kappa shape index (κ2) is 5.51. The lowest BCUT2D eigenvalue weighted by Gasteiger charge is -2.16. The largest absolute Gasteiger partial charge is 0.341 e. The van der Waals surface area contributed by atoms with Crippen molar-refractivity contribution in [2.24, 2.45) is 7.05 Å². The molecule has 102 valence electrons. The number of nitrogens with zero attached hydrogens (tertiary/aromatic N) is 3. The van der Waals surface area contributed by atoms with Crippen molar-refractivity contribution < 1.29 is 4.79 Å². The molecule has 8 heteroatoms. The van der Waals surface area contributed by atoms with Gasteiger partial charge in [-0.25, -0.2) is 14.9 Å². The highest BCUT2D eigenvalue weighted by atomic mass is 16.2. The average Bonchev–Trinajstić information content (AvgIpc) is 2.97. The third-order valence-electron chi connectivity index (χ3n) is 2.77. The number of carbonyl (C=O) groups excluding carboxylic acids is 1. The lowest BCUT2D eigenvalue weighted by molar-refractivity contribution is 0.0922. The molecule has 1 amide bonds. The first-order chi connectivity index (χ1) is 9.11. The summed E-state index contributed by atoms with van der Waals surface area (Å²) in [5.41, 5.74) is -0.505. The van der Waals surface area contributed by atoms with Crippen LogP contribution in [0.4, 0.5) is 0 Å². The summed E-state index contributed by atoms with van der Waals surface area (Å²) in [6.07, 6.45) is 5.15. The molecule has 0 aliphatic heterocycles. The Morgan fingerprint density at radius 2 is 2.37 bits per heavy atom. The van der Waals surface area contributed by atoms with E-state index in [1.54, 1.807) is 6.20 Å². The molecule has 0 spiro atoms. The number of H-pyrrole nitrogens is 2. The predicted octanol–water partition coefficient (Wildman–Crippen LogP) is 0.103. The highest BCUT2D eigenvalue weighted by Gasteiger charge is 2.20. The first kappa shape index (κ1) is 13.1. The van der Waals surface area contributed by atoms with Crippen molar-refractivity contribution in [1.29, 1.82) is 0 Å². The van der Waals surface area contributed by atoms with Crippen molar-refractivity contribution in [3.63, 3.8) is 0 Å². The van der Waals surface area contributed by atoms with Crippen molar-refractivity contribution in [2.45, 2.75) is 25.8 Å². The maximum absolute atomic E-state index is 11.9. The zero-order valence-electron chi connectivity index (χ0n) is 10.8. The van der Waals surface area contributed by atoms with E-state index in [1.807, 2.05) is 24.7 Å². The number of hydrogen-bond acceptors (Lipinski definition) is 4. The van der Waals surface area contributed by atoms with Crippen molar-refractivity contribution >= 4 is 5.91 Å². The molecule has 8 nitrogen and oxygen atoms in total. The highest BCUT2D eigenvalue weighted by Crippen LogP contribution is 2.16. The maximum atomic E-state index is 11.9. The zero-order valence-corrected chi connectivity index (χ0v) is 10.8. The molecule has 1 unspecified atom stereocenters. The van der Waals surface area contributed by atoms with Crippen LogP contribution in [0.25, 0.3) is 0 Å². The zero-order chi connectivity index (χ0) is 13.8. The van der Waals surface area contributed by atoms with E-state index in [1.165, 1.54) is 0 Å². The van der Waals surface area contributed by atoms with Crippen LogP contribution in [-0.2, 0) is 7.05 Å². The molecular weight excluding hydrogens is 248 g/mol. The molecule has 0 aliphatic rings. The number of hydrogen-bond donors (Lipinski definition) is 3. The van der Waals surface area contributed by atoms with Crippen molar-refractivity contribution in [1.82, 2.24) is 30.0 Å². The summed E-state index contributed by atoms with van der Waals surface area (Å²) >= 11 is 0. The number of aryl methyl sites for hydroxylation is 1. The molecule has 0 bridgehead atoms. The van der Waals surface area contributed by atoms with Gasteiger partial charge in [0.1, 0.15) is 5.82 Å². The standard InChI is InChI=1S/C11H16N6O2/c1-3-4-7(9-12-5-6-17(9)2)13-10(18)8-14-11(19)16-15-8/h5-7H,3-4H2,1-2H3,(H,13,18)(H2,14,15,16,19). The molecule has 1 atom stereocenters. The summed E-state index contributed by atoms with van der Waals surface area (Å²) in [5.74, 6) is 0.313.